The SMILES string of the molecule is O=C1CCSc2ccc(C(=O)NCCCOC3CCCCC3)cc2N1. The molecular weight excluding hydrogens is 336 g/mol. The lowest BCUT2D eigenvalue weighted by Gasteiger charge is -2.21. The smallest absolute Gasteiger partial charge is 0.251 e. The van der Waals surface area contributed by atoms with Gasteiger partial charge in [-0.2, -0.15) is 0 Å². The highest BCUT2D eigenvalue weighted by Crippen LogP contribution is 2.31. The monoisotopic (exact) mass is 362 g/mol. The molecule has 2 N–H and O–H groups in total. The van der Waals surface area contributed by atoms with Gasteiger partial charge in [0.15, 0.2) is 0 Å². The molecule has 1 aliphatic heterocycles. The van der Waals surface area contributed by atoms with Gasteiger partial charge in [0.2, 0.25) is 5.91 Å². The van der Waals surface area contributed by atoms with Crippen LogP contribution in [-0.2, 0) is 9.53 Å². The van der Waals surface area contributed by atoms with E-state index in [2.05, 4.69) is 10.6 Å². The number of hydrogen-bond donors (Lipinski definition) is 2. The number of hydrogen-bond acceptors (Lipinski definition) is 4. The molecule has 136 valence electrons. The van der Waals surface area contributed by atoms with E-state index in [0.29, 0.717) is 31.2 Å². The molecule has 6 heteroatoms. The number of rotatable bonds is 6. The molecule has 0 saturated heterocycles. The van der Waals surface area contributed by atoms with Gasteiger partial charge in [0, 0.05) is 35.8 Å². The average Bonchev–Trinajstić information content (AvgIpc) is 2.82. The van der Waals surface area contributed by atoms with E-state index in [1.807, 2.05) is 12.1 Å². The van der Waals surface area contributed by atoms with Crippen molar-refractivity contribution in [2.24, 2.45) is 0 Å². The Balaban J connectivity index is 1.43. The summed E-state index contributed by atoms with van der Waals surface area (Å²) in [7, 11) is 0. The van der Waals surface area contributed by atoms with Crippen LogP contribution in [0, 0.1) is 0 Å². The van der Waals surface area contributed by atoms with Crippen molar-refractivity contribution in [1.29, 1.82) is 0 Å². The zero-order chi connectivity index (χ0) is 17.5. The normalized spacial score (nSPS) is 18.2. The van der Waals surface area contributed by atoms with Gasteiger partial charge in [0.25, 0.3) is 5.91 Å². The summed E-state index contributed by atoms with van der Waals surface area (Å²) in [4.78, 5) is 25.0. The standard InChI is InChI=1S/C19H26N2O3S/c22-18-9-12-25-17-8-7-14(13-16(17)21-18)19(23)20-10-4-11-24-15-5-2-1-3-6-15/h7-8,13,15H,1-6,9-12H2,(H,20,23)(H,21,22). The molecule has 2 aliphatic rings. The number of thioether (sulfide) groups is 1. The van der Waals surface area contributed by atoms with Gasteiger partial charge < -0.3 is 15.4 Å². The summed E-state index contributed by atoms with van der Waals surface area (Å²) in [6, 6.07) is 5.49. The van der Waals surface area contributed by atoms with Crippen LogP contribution in [0.2, 0.25) is 0 Å². The molecule has 25 heavy (non-hydrogen) atoms. The van der Waals surface area contributed by atoms with E-state index < -0.39 is 0 Å². The number of amides is 2. The number of benzene rings is 1. The molecule has 0 unspecified atom stereocenters. The van der Waals surface area contributed by atoms with E-state index in [1.54, 1.807) is 17.8 Å². The van der Waals surface area contributed by atoms with E-state index in [-0.39, 0.29) is 11.8 Å². The molecule has 2 amide bonds. The Hall–Kier alpha value is -1.53. The molecule has 1 aromatic rings. The van der Waals surface area contributed by atoms with Crippen molar-refractivity contribution < 1.29 is 14.3 Å². The van der Waals surface area contributed by atoms with Crippen molar-refractivity contribution in [3.63, 3.8) is 0 Å². The van der Waals surface area contributed by atoms with E-state index in [0.717, 1.165) is 22.8 Å². The fraction of sp³-hybridized carbons (Fsp3) is 0.579. The number of carbonyl (C=O) groups excluding carboxylic acids is 2. The Kier molecular flexibility index (Phi) is 6.76. The molecule has 0 atom stereocenters. The first-order valence-electron chi connectivity index (χ1n) is 9.19. The summed E-state index contributed by atoms with van der Waals surface area (Å²) in [5.41, 5.74) is 1.32. The Labute approximate surface area is 153 Å². The number of carbonyl (C=O) groups is 2. The maximum atomic E-state index is 12.3. The maximum absolute atomic E-state index is 12.3. The molecule has 3 rings (SSSR count). The summed E-state index contributed by atoms with van der Waals surface area (Å²) in [6.45, 7) is 1.30. The second-order valence-electron chi connectivity index (χ2n) is 6.60. The highest BCUT2D eigenvalue weighted by Gasteiger charge is 2.16. The summed E-state index contributed by atoms with van der Waals surface area (Å²) in [6.07, 6.45) is 7.95. The zero-order valence-electron chi connectivity index (χ0n) is 14.5. The first-order chi connectivity index (χ1) is 12.2. The van der Waals surface area contributed by atoms with Crippen LogP contribution in [0.1, 0.15) is 55.3 Å². The molecule has 0 radical (unpaired) electrons. The van der Waals surface area contributed by atoms with Crippen LogP contribution in [-0.4, -0.2) is 36.8 Å². The summed E-state index contributed by atoms with van der Waals surface area (Å²) in [5.74, 6) is 0.665. The number of fused-ring (bicyclic) bond motifs is 1. The maximum Gasteiger partial charge on any atom is 0.251 e. The minimum absolute atomic E-state index is 0.00340. The lowest BCUT2D eigenvalue weighted by atomic mass is 9.98. The summed E-state index contributed by atoms with van der Waals surface area (Å²) in [5, 5.41) is 5.80. The van der Waals surface area contributed by atoms with Crippen molar-refractivity contribution >= 4 is 29.3 Å². The third-order valence-corrected chi connectivity index (χ3v) is 5.69. The molecule has 5 nitrogen and oxygen atoms in total. The largest absolute Gasteiger partial charge is 0.378 e. The van der Waals surface area contributed by atoms with Crippen molar-refractivity contribution in [2.75, 3.05) is 24.2 Å². The van der Waals surface area contributed by atoms with Crippen molar-refractivity contribution in [3.8, 4) is 0 Å². The fourth-order valence-electron chi connectivity index (χ4n) is 3.22. The van der Waals surface area contributed by atoms with E-state index in [1.165, 1.54) is 32.1 Å². The third-order valence-electron chi connectivity index (χ3n) is 4.61. The minimum Gasteiger partial charge on any atom is -0.378 e. The van der Waals surface area contributed by atoms with Crippen LogP contribution < -0.4 is 10.6 Å². The highest BCUT2D eigenvalue weighted by molar-refractivity contribution is 7.99. The minimum atomic E-state index is -0.107. The predicted octanol–water partition coefficient (Wildman–Crippen LogP) is 3.59. The Morgan fingerprint density at radius 3 is 2.96 bits per heavy atom. The zero-order valence-corrected chi connectivity index (χ0v) is 15.3. The quantitative estimate of drug-likeness (QED) is 0.759. The third kappa shape index (κ3) is 5.47. The summed E-state index contributed by atoms with van der Waals surface area (Å²) >= 11 is 1.64. The van der Waals surface area contributed by atoms with Gasteiger partial charge in [0.05, 0.1) is 11.8 Å². The molecular formula is C19H26N2O3S. The lowest BCUT2D eigenvalue weighted by Crippen LogP contribution is -2.26. The lowest BCUT2D eigenvalue weighted by molar-refractivity contribution is -0.115. The molecule has 1 saturated carbocycles. The molecule has 0 spiro atoms. The Bertz CT molecular complexity index is 615. The van der Waals surface area contributed by atoms with Crippen LogP contribution in [0.15, 0.2) is 23.1 Å². The fourth-order valence-corrected chi connectivity index (χ4v) is 4.16. The van der Waals surface area contributed by atoms with Crippen molar-refractivity contribution in [1.82, 2.24) is 5.32 Å². The predicted molar refractivity (Wildman–Crippen MR) is 100 cm³/mol. The van der Waals surface area contributed by atoms with Crippen LogP contribution in [0.5, 0.6) is 0 Å². The van der Waals surface area contributed by atoms with E-state index in [4.69, 9.17) is 4.74 Å². The van der Waals surface area contributed by atoms with Crippen molar-refractivity contribution in [3.05, 3.63) is 23.8 Å². The number of nitrogens with one attached hydrogen (secondary N) is 2. The first-order valence-corrected chi connectivity index (χ1v) is 10.2. The van der Waals surface area contributed by atoms with Gasteiger partial charge in [-0.1, -0.05) is 19.3 Å². The molecule has 1 aromatic carbocycles. The Morgan fingerprint density at radius 1 is 1.28 bits per heavy atom. The van der Waals surface area contributed by atoms with E-state index in [9.17, 15) is 9.59 Å². The van der Waals surface area contributed by atoms with E-state index >= 15 is 0 Å². The topological polar surface area (TPSA) is 67.4 Å². The van der Waals surface area contributed by atoms with Crippen LogP contribution in [0.4, 0.5) is 5.69 Å². The molecule has 1 fully saturated rings. The number of ether oxygens (including phenoxy) is 1. The second kappa shape index (κ2) is 9.25. The van der Waals surface area contributed by atoms with Crippen molar-refractivity contribution in [2.45, 2.75) is 55.9 Å². The molecule has 1 heterocycles. The van der Waals surface area contributed by atoms with Crippen LogP contribution in [0.3, 0.4) is 0 Å². The van der Waals surface area contributed by atoms with Crippen LogP contribution in [0.25, 0.3) is 0 Å². The molecule has 1 aliphatic carbocycles. The second-order valence-corrected chi connectivity index (χ2v) is 7.73. The summed E-state index contributed by atoms with van der Waals surface area (Å²) < 4.78 is 5.87. The van der Waals surface area contributed by atoms with Gasteiger partial charge in [-0.3, -0.25) is 9.59 Å². The van der Waals surface area contributed by atoms with Gasteiger partial charge >= 0.3 is 0 Å². The first kappa shape index (κ1) is 18.3. The van der Waals surface area contributed by atoms with Gasteiger partial charge in [-0.15, -0.1) is 11.8 Å². The van der Waals surface area contributed by atoms with Gasteiger partial charge in [-0.25, -0.2) is 0 Å². The average molecular weight is 362 g/mol. The van der Waals surface area contributed by atoms with Crippen LogP contribution >= 0.6 is 11.8 Å². The molecule has 0 aromatic heterocycles. The van der Waals surface area contributed by atoms with Gasteiger partial charge in [-0.05, 0) is 37.5 Å². The number of anilines is 1. The Morgan fingerprint density at radius 2 is 2.12 bits per heavy atom. The van der Waals surface area contributed by atoms with Gasteiger partial charge in [0.1, 0.15) is 0 Å². The molecule has 0 bridgehead atoms. The highest BCUT2D eigenvalue weighted by atomic mass is 32.2.